The van der Waals surface area contributed by atoms with Crippen LogP contribution in [0.5, 0.6) is 5.75 Å². The van der Waals surface area contributed by atoms with Crippen LogP contribution >= 0.6 is 15.9 Å². The zero-order valence-electron chi connectivity index (χ0n) is 9.69. The molecule has 2 atom stereocenters. The van der Waals surface area contributed by atoms with Gasteiger partial charge < -0.3 is 15.5 Å². The maximum atomic E-state index is 9.72. The van der Waals surface area contributed by atoms with Crippen molar-refractivity contribution in [3.05, 3.63) is 28.2 Å². The minimum Gasteiger partial charge on any atom is -0.508 e. The zero-order valence-corrected chi connectivity index (χ0v) is 11.3. The second-order valence-electron chi connectivity index (χ2n) is 4.63. The predicted molar refractivity (Wildman–Crippen MR) is 70.9 cm³/mol. The van der Waals surface area contributed by atoms with Crippen LogP contribution in [0.4, 0.5) is 0 Å². The van der Waals surface area contributed by atoms with Crippen LogP contribution in [0.3, 0.4) is 0 Å². The second kappa shape index (κ2) is 5.85. The van der Waals surface area contributed by atoms with E-state index in [9.17, 15) is 10.2 Å². The molecular weight excluding hydrogens is 282 g/mol. The van der Waals surface area contributed by atoms with Gasteiger partial charge in [0.05, 0.1) is 0 Å². The minimum atomic E-state index is 0.252. The second-order valence-corrected chi connectivity index (χ2v) is 5.55. The van der Waals surface area contributed by atoms with E-state index in [1.165, 1.54) is 6.42 Å². The van der Waals surface area contributed by atoms with Crippen molar-refractivity contribution in [2.75, 3.05) is 6.61 Å². The van der Waals surface area contributed by atoms with Gasteiger partial charge in [-0.25, -0.2) is 0 Å². The van der Waals surface area contributed by atoms with E-state index in [1.807, 2.05) is 12.1 Å². The predicted octanol–water partition coefficient (Wildman–Crippen LogP) is 2.41. The quantitative estimate of drug-likeness (QED) is 0.800. The number of aliphatic hydroxyl groups excluding tert-OH is 1. The van der Waals surface area contributed by atoms with E-state index in [1.54, 1.807) is 6.07 Å². The van der Waals surface area contributed by atoms with E-state index in [0.717, 1.165) is 22.9 Å². The average molecular weight is 300 g/mol. The van der Waals surface area contributed by atoms with Crippen LogP contribution in [0.15, 0.2) is 22.7 Å². The lowest BCUT2D eigenvalue weighted by Gasteiger charge is -2.19. The van der Waals surface area contributed by atoms with E-state index >= 15 is 0 Å². The molecule has 1 aromatic rings. The highest BCUT2D eigenvalue weighted by molar-refractivity contribution is 9.10. The fourth-order valence-electron chi connectivity index (χ4n) is 2.46. The van der Waals surface area contributed by atoms with Crippen molar-refractivity contribution in [1.82, 2.24) is 5.32 Å². The molecule has 3 nitrogen and oxygen atoms in total. The van der Waals surface area contributed by atoms with Crippen LogP contribution in [-0.4, -0.2) is 22.9 Å². The zero-order chi connectivity index (χ0) is 12.3. The van der Waals surface area contributed by atoms with Gasteiger partial charge in [0.15, 0.2) is 0 Å². The molecule has 1 fully saturated rings. The van der Waals surface area contributed by atoms with Crippen LogP contribution in [0.1, 0.15) is 24.8 Å². The Morgan fingerprint density at radius 3 is 2.94 bits per heavy atom. The number of rotatable bonds is 4. The van der Waals surface area contributed by atoms with Crippen molar-refractivity contribution in [3.63, 3.8) is 0 Å². The molecule has 0 aromatic heterocycles. The monoisotopic (exact) mass is 299 g/mol. The lowest BCUT2D eigenvalue weighted by molar-refractivity contribution is 0.205. The Morgan fingerprint density at radius 1 is 1.35 bits per heavy atom. The van der Waals surface area contributed by atoms with Gasteiger partial charge in [-0.1, -0.05) is 22.4 Å². The number of benzene rings is 1. The summed E-state index contributed by atoms with van der Waals surface area (Å²) in [6.07, 6.45) is 3.38. The average Bonchev–Trinajstić information content (AvgIpc) is 2.77. The van der Waals surface area contributed by atoms with Crippen molar-refractivity contribution in [2.24, 2.45) is 5.92 Å². The van der Waals surface area contributed by atoms with Crippen LogP contribution in [0.25, 0.3) is 0 Å². The van der Waals surface area contributed by atoms with Crippen molar-refractivity contribution < 1.29 is 10.2 Å². The smallest absolute Gasteiger partial charge is 0.120 e. The molecule has 2 unspecified atom stereocenters. The Morgan fingerprint density at radius 2 is 2.18 bits per heavy atom. The van der Waals surface area contributed by atoms with Crippen LogP contribution in [-0.2, 0) is 6.54 Å². The van der Waals surface area contributed by atoms with E-state index in [2.05, 4.69) is 21.2 Å². The van der Waals surface area contributed by atoms with E-state index in [4.69, 9.17) is 0 Å². The molecule has 1 aliphatic carbocycles. The molecule has 0 bridgehead atoms. The molecule has 3 N–H and O–H groups in total. The molecule has 94 valence electrons. The number of aliphatic hydroxyl groups is 1. The van der Waals surface area contributed by atoms with Crippen molar-refractivity contribution in [2.45, 2.75) is 31.8 Å². The molecular formula is C13H18BrNO2. The number of aromatic hydroxyl groups is 1. The summed E-state index contributed by atoms with van der Waals surface area (Å²) in [7, 11) is 0. The lowest BCUT2D eigenvalue weighted by Crippen LogP contribution is -2.33. The molecule has 2 rings (SSSR count). The highest BCUT2D eigenvalue weighted by Crippen LogP contribution is 2.27. The first-order chi connectivity index (χ1) is 8.20. The third kappa shape index (κ3) is 3.21. The summed E-state index contributed by atoms with van der Waals surface area (Å²) in [6.45, 7) is 0.897. The lowest BCUT2D eigenvalue weighted by atomic mass is 10.0. The first-order valence-electron chi connectivity index (χ1n) is 6.02. The van der Waals surface area contributed by atoms with Crippen LogP contribution < -0.4 is 5.32 Å². The summed E-state index contributed by atoms with van der Waals surface area (Å²) in [4.78, 5) is 0. The van der Waals surface area contributed by atoms with Gasteiger partial charge in [-0.3, -0.25) is 0 Å². The van der Waals surface area contributed by atoms with Gasteiger partial charge in [-0.05, 0) is 37.0 Å². The maximum absolute atomic E-state index is 9.72. The third-order valence-electron chi connectivity index (χ3n) is 3.49. The molecule has 0 saturated heterocycles. The Balaban J connectivity index is 1.95. The SMILES string of the molecule is OCC1CCCC1NCc1cc(Br)ccc1O. The number of hydrogen-bond acceptors (Lipinski definition) is 3. The van der Waals surface area contributed by atoms with E-state index in [0.29, 0.717) is 24.3 Å². The Kier molecular flexibility index (Phi) is 4.42. The fraction of sp³-hybridized carbons (Fsp3) is 0.538. The van der Waals surface area contributed by atoms with Crippen molar-refractivity contribution >= 4 is 15.9 Å². The molecule has 4 heteroatoms. The van der Waals surface area contributed by atoms with Gasteiger partial charge in [0, 0.05) is 29.2 Å². The van der Waals surface area contributed by atoms with Gasteiger partial charge in [-0.2, -0.15) is 0 Å². The summed E-state index contributed by atoms with van der Waals surface area (Å²) in [6, 6.07) is 5.81. The summed E-state index contributed by atoms with van der Waals surface area (Å²) >= 11 is 3.40. The summed E-state index contributed by atoms with van der Waals surface area (Å²) < 4.78 is 0.970. The summed E-state index contributed by atoms with van der Waals surface area (Å²) in [5.74, 6) is 0.684. The number of phenols is 1. The summed E-state index contributed by atoms with van der Waals surface area (Å²) in [5, 5.41) is 22.4. The Bertz CT molecular complexity index is 384. The number of hydrogen-bond donors (Lipinski definition) is 3. The molecule has 1 aliphatic rings. The number of halogens is 1. The normalized spacial score (nSPS) is 24.1. The van der Waals surface area contributed by atoms with Gasteiger partial charge in [-0.15, -0.1) is 0 Å². The molecule has 0 radical (unpaired) electrons. The molecule has 0 amide bonds. The van der Waals surface area contributed by atoms with Gasteiger partial charge >= 0.3 is 0 Å². The van der Waals surface area contributed by atoms with Gasteiger partial charge in [0.1, 0.15) is 5.75 Å². The first-order valence-corrected chi connectivity index (χ1v) is 6.81. The topological polar surface area (TPSA) is 52.5 Å². The molecule has 0 heterocycles. The molecule has 17 heavy (non-hydrogen) atoms. The number of nitrogens with one attached hydrogen (secondary N) is 1. The molecule has 0 spiro atoms. The van der Waals surface area contributed by atoms with Crippen LogP contribution in [0, 0.1) is 5.92 Å². The molecule has 0 aliphatic heterocycles. The third-order valence-corrected chi connectivity index (χ3v) is 3.98. The van der Waals surface area contributed by atoms with Gasteiger partial charge in [0.25, 0.3) is 0 Å². The standard InChI is InChI=1S/C13H18BrNO2/c14-11-4-5-13(17)10(6-11)7-15-12-3-1-2-9(12)8-16/h4-6,9,12,15-17H,1-3,7-8H2. The fourth-order valence-corrected chi connectivity index (χ4v) is 2.87. The Hall–Kier alpha value is -0.580. The Labute approximate surface area is 110 Å². The van der Waals surface area contributed by atoms with Gasteiger partial charge in [0.2, 0.25) is 0 Å². The highest BCUT2D eigenvalue weighted by Gasteiger charge is 2.25. The molecule has 1 saturated carbocycles. The largest absolute Gasteiger partial charge is 0.508 e. The van der Waals surface area contributed by atoms with E-state index < -0.39 is 0 Å². The number of phenolic OH excluding ortho intramolecular Hbond substituents is 1. The van der Waals surface area contributed by atoms with Crippen molar-refractivity contribution in [3.8, 4) is 5.75 Å². The highest BCUT2D eigenvalue weighted by atomic mass is 79.9. The van der Waals surface area contributed by atoms with Crippen molar-refractivity contribution in [1.29, 1.82) is 0 Å². The summed E-state index contributed by atoms with van der Waals surface area (Å²) in [5.41, 5.74) is 0.892. The minimum absolute atomic E-state index is 0.252. The first kappa shape index (κ1) is 12.9. The molecule has 1 aromatic carbocycles. The van der Waals surface area contributed by atoms with Crippen LogP contribution in [0.2, 0.25) is 0 Å². The van der Waals surface area contributed by atoms with E-state index in [-0.39, 0.29) is 6.61 Å². The maximum Gasteiger partial charge on any atom is 0.120 e.